The lowest BCUT2D eigenvalue weighted by molar-refractivity contribution is 0.0503. The Hall–Kier alpha value is -1.37. The maximum absolute atomic E-state index is 14.4. The highest BCUT2D eigenvalue weighted by Crippen LogP contribution is 2.43. The summed E-state index contributed by atoms with van der Waals surface area (Å²) in [4.78, 5) is 16.1. The standard InChI is InChI=1S/C24H27Cl2FN2O2.ClH/c1-14-12-28(5-6-29(14)15(2)17-7-19(25)10-20(26)8-17)13-18-9-23(27)22(24(30)31)11-21(18)16-3-4-16;/h7-11,14-16H,3-6,12-13H2,1-2H3,(H,30,31);1H/t14-,15?;/m0./s1. The Bertz CT molecular complexity index is 979. The summed E-state index contributed by atoms with van der Waals surface area (Å²) in [5, 5.41) is 10.6. The second-order valence-electron chi connectivity index (χ2n) is 8.81. The molecule has 2 aliphatic rings. The fourth-order valence-electron chi connectivity index (χ4n) is 4.72. The summed E-state index contributed by atoms with van der Waals surface area (Å²) in [6.07, 6.45) is 2.09. The lowest BCUT2D eigenvalue weighted by Crippen LogP contribution is -2.52. The number of piperazine rings is 1. The van der Waals surface area contributed by atoms with E-state index in [0.717, 1.165) is 49.2 Å². The normalized spacial score (nSPS) is 20.6. The Balaban J connectivity index is 0.00000289. The van der Waals surface area contributed by atoms with Crippen molar-refractivity contribution in [3.63, 3.8) is 0 Å². The fraction of sp³-hybridized carbons (Fsp3) is 0.458. The molecule has 1 heterocycles. The van der Waals surface area contributed by atoms with Crippen LogP contribution in [0.3, 0.4) is 0 Å². The first-order chi connectivity index (χ1) is 14.7. The molecule has 0 amide bonds. The van der Waals surface area contributed by atoms with Gasteiger partial charge in [-0.1, -0.05) is 23.2 Å². The SMILES string of the molecule is CC(c1cc(Cl)cc(Cl)c1)N1CCN(Cc2cc(F)c(C(=O)O)cc2C2CC2)C[C@@H]1C.Cl. The largest absolute Gasteiger partial charge is 0.478 e. The van der Waals surface area contributed by atoms with Crippen molar-refractivity contribution in [1.82, 2.24) is 9.80 Å². The van der Waals surface area contributed by atoms with Gasteiger partial charge in [-0.2, -0.15) is 0 Å². The van der Waals surface area contributed by atoms with E-state index in [-0.39, 0.29) is 24.0 Å². The van der Waals surface area contributed by atoms with Crippen LogP contribution in [0, 0.1) is 5.82 Å². The topological polar surface area (TPSA) is 43.8 Å². The zero-order valence-electron chi connectivity index (χ0n) is 18.2. The van der Waals surface area contributed by atoms with Gasteiger partial charge in [0.25, 0.3) is 0 Å². The minimum absolute atomic E-state index is 0. The number of hydrogen-bond acceptors (Lipinski definition) is 3. The number of halogens is 4. The van der Waals surface area contributed by atoms with Gasteiger partial charge in [-0.25, -0.2) is 9.18 Å². The molecule has 1 N–H and O–H groups in total. The molecular weight excluding hydrogens is 474 g/mol. The molecule has 0 aromatic heterocycles. The van der Waals surface area contributed by atoms with E-state index in [0.29, 0.717) is 28.5 Å². The summed E-state index contributed by atoms with van der Waals surface area (Å²) >= 11 is 12.4. The first kappa shape index (κ1) is 25.3. The smallest absolute Gasteiger partial charge is 0.338 e. The van der Waals surface area contributed by atoms with Crippen molar-refractivity contribution in [3.05, 3.63) is 68.4 Å². The zero-order valence-corrected chi connectivity index (χ0v) is 20.5. The number of carboxylic acid groups (broad SMARTS) is 1. The Morgan fingerprint density at radius 2 is 1.81 bits per heavy atom. The molecule has 4 nitrogen and oxygen atoms in total. The number of benzene rings is 2. The lowest BCUT2D eigenvalue weighted by Gasteiger charge is -2.43. The van der Waals surface area contributed by atoms with Crippen molar-refractivity contribution in [2.75, 3.05) is 19.6 Å². The molecule has 2 fully saturated rings. The van der Waals surface area contributed by atoms with E-state index < -0.39 is 11.8 Å². The van der Waals surface area contributed by atoms with Crippen LogP contribution >= 0.6 is 35.6 Å². The van der Waals surface area contributed by atoms with E-state index >= 15 is 0 Å². The molecule has 0 bridgehead atoms. The minimum atomic E-state index is -1.21. The van der Waals surface area contributed by atoms with E-state index in [1.807, 2.05) is 12.1 Å². The summed E-state index contributed by atoms with van der Waals surface area (Å²) in [7, 11) is 0. The molecule has 1 aliphatic carbocycles. The Labute approximate surface area is 204 Å². The lowest BCUT2D eigenvalue weighted by atomic mass is 9.98. The van der Waals surface area contributed by atoms with Crippen LogP contribution in [-0.2, 0) is 6.54 Å². The van der Waals surface area contributed by atoms with E-state index in [1.165, 1.54) is 6.07 Å². The molecule has 8 heteroatoms. The molecule has 0 radical (unpaired) electrons. The number of hydrogen-bond donors (Lipinski definition) is 1. The molecule has 2 atom stereocenters. The van der Waals surface area contributed by atoms with Gasteiger partial charge in [0.15, 0.2) is 0 Å². The van der Waals surface area contributed by atoms with Gasteiger partial charge < -0.3 is 5.11 Å². The zero-order chi connectivity index (χ0) is 22.3. The van der Waals surface area contributed by atoms with Crippen LogP contribution in [-0.4, -0.2) is 46.6 Å². The fourth-order valence-corrected chi connectivity index (χ4v) is 5.26. The number of carbonyl (C=O) groups is 1. The van der Waals surface area contributed by atoms with Crippen molar-refractivity contribution in [2.24, 2.45) is 0 Å². The molecular formula is C24H28Cl3FN2O2. The van der Waals surface area contributed by atoms with Crippen LogP contribution in [0.1, 0.15) is 65.7 Å². The van der Waals surface area contributed by atoms with E-state index in [1.54, 1.807) is 12.1 Å². The number of aromatic carboxylic acids is 1. The third kappa shape index (κ3) is 5.57. The second-order valence-corrected chi connectivity index (χ2v) is 9.68. The summed E-state index contributed by atoms with van der Waals surface area (Å²) in [5.74, 6) is -1.49. The van der Waals surface area contributed by atoms with Crippen LogP contribution in [0.25, 0.3) is 0 Å². The summed E-state index contributed by atoms with van der Waals surface area (Å²) < 4.78 is 14.4. The van der Waals surface area contributed by atoms with Crippen molar-refractivity contribution in [3.8, 4) is 0 Å². The highest BCUT2D eigenvalue weighted by Gasteiger charge is 2.31. The second kappa shape index (κ2) is 10.3. The average Bonchev–Trinajstić information content (AvgIpc) is 3.52. The molecule has 1 saturated carbocycles. The van der Waals surface area contributed by atoms with Gasteiger partial charge in [0, 0.05) is 48.3 Å². The maximum atomic E-state index is 14.4. The molecule has 2 aromatic rings. The van der Waals surface area contributed by atoms with E-state index in [4.69, 9.17) is 23.2 Å². The monoisotopic (exact) mass is 500 g/mol. The average molecular weight is 502 g/mol. The van der Waals surface area contributed by atoms with Crippen LogP contribution in [0.15, 0.2) is 30.3 Å². The van der Waals surface area contributed by atoms with Crippen LogP contribution < -0.4 is 0 Å². The number of carboxylic acids is 1. The molecule has 1 aliphatic heterocycles. The van der Waals surface area contributed by atoms with Crippen LogP contribution in [0.2, 0.25) is 10.0 Å². The van der Waals surface area contributed by atoms with Gasteiger partial charge in [-0.3, -0.25) is 9.80 Å². The van der Waals surface area contributed by atoms with Gasteiger partial charge in [0.2, 0.25) is 0 Å². The van der Waals surface area contributed by atoms with Crippen LogP contribution in [0.4, 0.5) is 4.39 Å². The summed E-state index contributed by atoms with van der Waals surface area (Å²) in [5.41, 5.74) is 2.79. The van der Waals surface area contributed by atoms with Gasteiger partial charge in [-0.05, 0) is 79.6 Å². The predicted octanol–water partition coefficient (Wildman–Crippen LogP) is 6.40. The van der Waals surface area contributed by atoms with Crippen LogP contribution in [0.5, 0.6) is 0 Å². The minimum Gasteiger partial charge on any atom is -0.478 e. The van der Waals surface area contributed by atoms with Gasteiger partial charge in [-0.15, -0.1) is 12.4 Å². The Morgan fingerprint density at radius 3 is 2.38 bits per heavy atom. The molecule has 0 spiro atoms. The van der Waals surface area contributed by atoms with Gasteiger partial charge in [0.1, 0.15) is 5.82 Å². The van der Waals surface area contributed by atoms with Crippen molar-refractivity contribution < 1.29 is 14.3 Å². The Morgan fingerprint density at radius 1 is 1.16 bits per heavy atom. The number of rotatable bonds is 6. The molecule has 2 aromatic carbocycles. The quantitative estimate of drug-likeness (QED) is 0.497. The third-order valence-corrected chi connectivity index (χ3v) is 6.93. The highest BCUT2D eigenvalue weighted by atomic mass is 35.5. The molecule has 174 valence electrons. The van der Waals surface area contributed by atoms with Crippen molar-refractivity contribution >= 4 is 41.6 Å². The molecule has 1 saturated heterocycles. The van der Waals surface area contributed by atoms with E-state index in [2.05, 4.69) is 23.6 Å². The van der Waals surface area contributed by atoms with Crippen molar-refractivity contribution in [2.45, 2.75) is 51.2 Å². The first-order valence-electron chi connectivity index (χ1n) is 10.7. The summed E-state index contributed by atoms with van der Waals surface area (Å²) in [6.45, 7) is 7.59. The molecule has 4 rings (SSSR count). The van der Waals surface area contributed by atoms with E-state index in [9.17, 15) is 14.3 Å². The predicted molar refractivity (Wildman–Crippen MR) is 129 cm³/mol. The number of nitrogens with zero attached hydrogens (tertiary/aromatic N) is 2. The van der Waals surface area contributed by atoms with Crippen molar-refractivity contribution in [1.29, 1.82) is 0 Å². The Kier molecular flexibility index (Phi) is 8.11. The highest BCUT2D eigenvalue weighted by molar-refractivity contribution is 6.34. The third-order valence-electron chi connectivity index (χ3n) is 6.50. The molecule has 32 heavy (non-hydrogen) atoms. The summed E-state index contributed by atoms with van der Waals surface area (Å²) in [6, 6.07) is 9.14. The molecule has 1 unspecified atom stereocenters. The van der Waals surface area contributed by atoms with Gasteiger partial charge >= 0.3 is 5.97 Å². The van der Waals surface area contributed by atoms with Gasteiger partial charge in [0.05, 0.1) is 5.56 Å². The maximum Gasteiger partial charge on any atom is 0.338 e. The first-order valence-corrected chi connectivity index (χ1v) is 11.5.